The zero-order chi connectivity index (χ0) is 11.3. The summed E-state index contributed by atoms with van der Waals surface area (Å²) in [4.78, 5) is 0. The summed E-state index contributed by atoms with van der Waals surface area (Å²) in [5.41, 5.74) is 0.238. The van der Waals surface area contributed by atoms with Crippen LogP contribution >= 0.6 is 0 Å². The fraction of sp³-hybridized carbons (Fsp3) is 1.00. The highest BCUT2D eigenvalue weighted by molar-refractivity contribution is 4.93. The van der Waals surface area contributed by atoms with Gasteiger partial charge in [0.2, 0.25) is 0 Å². The Morgan fingerprint density at radius 3 is 2.94 bits per heavy atom. The molecule has 1 N–H and O–H groups in total. The molecule has 0 aromatic rings. The summed E-state index contributed by atoms with van der Waals surface area (Å²) < 4.78 is 11.4. The molecular formula is C13H25NO2. The van der Waals surface area contributed by atoms with Gasteiger partial charge in [-0.2, -0.15) is 0 Å². The first-order chi connectivity index (χ1) is 7.85. The van der Waals surface area contributed by atoms with Crippen LogP contribution in [0.2, 0.25) is 0 Å². The molecule has 1 saturated heterocycles. The third kappa shape index (κ3) is 3.19. The normalized spacial score (nSPS) is 28.7. The number of rotatable bonds is 5. The molecule has 1 spiro atoms. The Morgan fingerprint density at radius 2 is 2.19 bits per heavy atom. The van der Waals surface area contributed by atoms with Gasteiger partial charge in [0.1, 0.15) is 0 Å². The standard InChI is InChI=1S/C13H25NO2/c1-2-15-10-8-14-12-5-9-16-13(11-12)6-3-4-7-13/h12,14H,2-11H2,1H3. The minimum absolute atomic E-state index is 0.238. The average molecular weight is 227 g/mol. The molecule has 0 amide bonds. The van der Waals surface area contributed by atoms with E-state index in [9.17, 15) is 0 Å². The van der Waals surface area contributed by atoms with Gasteiger partial charge in [0, 0.05) is 25.8 Å². The van der Waals surface area contributed by atoms with Crippen molar-refractivity contribution in [2.45, 2.75) is 57.1 Å². The summed E-state index contributed by atoms with van der Waals surface area (Å²) in [5.74, 6) is 0. The third-order valence-corrected chi connectivity index (χ3v) is 3.89. The fourth-order valence-electron chi connectivity index (χ4n) is 3.05. The zero-order valence-corrected chi connectivity index (χ0v) is 10.5. The number of hydrogen-bond donors (Lipinski definition) is 1. The van der Waals surface area contributed by atoms with Crippen molar-refractivity contribution in [1.82, 2.24) is 5.32 Å². The van der Waals surface area contributed by atoms with E-state index in [1.165, 1.54) is 32.1 Å². The summed E-state index contributed by atoms with van der Waals surface area (Å²) in [6, 6.07) is 0.646. The molecule has 3 nitrogen and oxygen atoms in total. The minimum Gasteiger partial charge on any atom is -0.380 e. The number of hydrogen-bond acceptors (Lipinski definition) is 3. The maximum absolute atomic E-state index is 6.01. The highest BCUT2D eigenvalue weighted by Crippen LogP contribution is 2.39. The van der Waals surface area contributed by atoms with Gasteiger partial charge in [0.25, 0.3) is 0 Å². The van der Waals surface area contributed by atoms with Crippen molar-refractivity contribution in [3.63, 3.8) is 0 Å². The molecule has 1 aliphatic carbocycles. The van der Waals surface area contributed by atoms with Crippen LogP contribution in [0.15, 0.2) is 0 Å². The second-order valence-corrected chi connectivity index (χ2v) is 5.08. The van der Waals surface area contributed by atoms with E-state index in [1.807, 2.05) is 6.92 Å². The summed E-state index contributed by atoms with van der Waals surface area (Å²) in [7, 11) is 0. The maximum Gasteiger partial charge on any atom is 0.0697 e. The fourth-order valence-corrected chi connectivity index (χ4v) is 3.05. The smallest absolute Gasteiger partial charge is 0.0697 e. The predicted octanol–water partition coefficient (Wildman–Crippen LogP) is 2.10. The van der Waals surface area contributed by atoms with Crippen molar-refractivity contribution >= 4 is 0 Å². The molecule has 16 heavy (non-hydrogen) atoms. The van der Waals surface area contributed by atoms with Crippen LogP contribution in [0.1, 0.15) is 45.4 Å². The molecule has 1 aliphatic heterocycles. The van der Waals surface area contributed by atoms with Crippen LogP contribution in [0.3, 0.4) is 0 Å². The van der Waals surface area contributed by atoms with Crippen molar-refractivity contribution in [3.05, 3.63) is 0 Å². The Hall–Kier alpha value is -0.120. The summed E-state index contributed by atoms with van der Waals surface area (Å²) in [5, 5.41) is 3.60. The van der Waals surface area contributed by atoms with Crippen LogP contribution in [0.5, 0.6) is 0 Å². The quantitative estimate of drug-likeness (QED) is 0.730. The van der Waals surface area contributed by atoms with Crippen LogP contribution < -0.4 is 5.32 Å². The number of ether oxygens (including phenoxy) is 2. The summed E-state index contributed by atoms with van der Waals surface area (Å²) in [6.07, 6.45) is 7.62. The topological polar surface area (TPSA) is 30.5 Å². The van der Waals surface area contributed by atoms with E-state index >= 15 is 0 Å². The molecule has 0 aromatic carbocycles. The van der Waals surface area contributed by atoms with Gasteiger partial charge in [-0.15, -0.1) is 0 Å². The van der Waals surface area contributed by atoms with Gasteiger partial charge in [-0.25, -0.2) is 0 Å². The van der Waals surface area contributed by atoms with Crippen molar-refractivity contribution in [2.75, 3.05) is 26.4 Å². The van der Waals surface area contributed by atoms with E-state index in [2.05, 4.69) is 5.32 Å². The lowest BCUT2D eigenvalue weighted by Gasteiger charge is -2.38. The van der Waals surface area contributed by atoms with Crippen LogP contribution in [-0.4, -0.2) is 38.0 Å². The molecule has 2 aliphatic rings. The predicted molar refractivity (Wildman–Crippen MR) is 64.7 cm³/mol. The van der Waals surface area contributed by atoms with Gasteiger partial charge < -0.3 is 14.8 Å². The lowest BCUT2D eigenvalue weighted by atomic mass is 9.89. The van der Waals surface area contributed by atoms with Gasteiger partial charge in [-0.3, -0.25) is 0 Å². The molecule has 1 atom stereocenters. The second kappa shape index (κ2) is 5.99. The van der Waals surface area contributed by atoms with Gasteiger partial charge in [0.15, 0.2) is 0 Å². The first-order valence-electron chi connectivity index (χ1n) is 6.80. The molecule has 1 unspecified atom stereocenters. The first-order valence-corrected chi connectivity index (χ1v) is 6.80. The van der Waals surface area contributed by atoms with Gasteiger partial charge in [0.05, 0.1) is 12.2 Å². The molecule has 3 heteroatoms. The molecule has 94 valence electrons. The van der Waals surface area contributed by atoms with Crippen molar-refractivity contribution in [2.24, 2.45) is 0 Å². The lowest BCUT2D eigenvalue weighted by Crippen LogP contribution is -2.46. The summed E-state index contributed by atoms with van der Waals surface area (Å²) in [6.45, 7) is 5.61. The zero-order valence-electron chi connectivity index (χ0n) is 10.5. The van der Waals surface area contributed by atoms with E-state index in [0.29, 0.717) is 6.04 Å². The molecular weight excluding hydrogens is 202 g/mol. The Balaban J connectivity index is 1.70. The Bertz CT molecular complexity index is 202. The van der Waals surface area contributed by atoms with Gasteiger partial charge >= 0.3 is 0 Å². The van der Waals surface area contributed by atoms with E-state index < -0.39 is 0 Å². The molecule has 2 rings (SSSR count). The molecule has 0 bridgehead atoms. The molecule has 1 saturated carbocycles. The van der Waals surface area contributed by atoms with E-state index in [0.717, 1.165) is 32.8 Å². The van der Waals surface area contributed by atoms with Crippen molar-refractivity contribution in [1.29, 1.82) is 0 Å². The van der Waals surface area contributed by atoms with Crippen LogP contribution in [-0.2, 0) is 9.47 Å². The molecule has 0 aromatic heterocycles. The van der Waals surface area contributed by atoms with Crippen molar-refractivity contribution in [3.8, 4) is 0 Å². The highest BCUT2D eigenvalue weighted by Gasteiger charge is 2.39. The van der Waals surface area contributed by atoms with Crippen LogP contribution in [0, 0.1) is 0 Å². The Kier molecular flexibility index (Phi) is 4.62. The maximum atomic E-state index is 6.01. The monoisotopic (exact) mass is 227 g/mol. The first kappa shape index (κ1) is 12.3. The Labute approximate surface area is 98.9 Å². The van der Waals surface area contributed by atoms with Crippen molar-refractivity contribution < 1.29 is 9.47 Å². The SMILES string of the molecule is CCOCCNC1CCOC2(CCCC2)C1. The van der Waals surface area contributed by atoms with Crippen LogP contribution in [0.4, 0.5) is 0 Å². The van der Waals surface area contributed by atoms with Gasteiger partial charge in [-0.05, 0) is 32.6 Å². The largest absolute Gasteiger partial charge is 0.380 e. The Morgan fingerprint density at radius 1 is 1.38 bits per heavy atom. The summed E-state index contributed by atoms with van der Waals surface area (Å²) >= 11 is 0. The second-order valence-electron chi connectivity index (χ2n) is 5.08. The van der Waals surface area contributed by atoms with E-state index in [4.69, 9.17) is 9.47 Å². The van der Waals surface area contributed by atoms with Crippen LogP contribution in [0.25, 0.3) is 0 Å². The molecule has 0 radical (unpaired) electrons. The highest BCUT2D eigenvalue weighted by atomic mass is 16.5. The number of nitrogens with one attached hydrogen (secondary N) is 1. The molecule has 1 heterocycles. The van der Waals surface area contributed by atoms with E-state index in [-0.39, 0.29) is 5.60 Å². The average Bonchev–Trinajstić information content (AvgIpc) is 2.73. The lowest BCUT2D eigenvalue weighted by molar-refractivity contribution is -0.0839. The minimum atomic E-state index is 0.238. The third-order valence-electron chi connectivity index (χ3n) is 3.89. The van der Waals surface area contributed by atoms with Gasteiger partial charge in [-0.1, -0.05) is 12.8 Å². The van der Waals surface area contributed by atoms with E-state index in [1.54, 1.807) is 0 Å². The molecule has 2 fully saturated rings.